The molecule has 0 aromatic heterocycles. The van der Waals surface area contributed by atoms with Gasteiger partial charge < -0.3 is 15.7 Å². The van der Waals surface area contributed by atoms with Gasteiger partial charge in [0.2, 0.25) is 5.91 Å². The van der Waals surface area contributed by atoms with Gasteiger partial charge in [0, 0.05) is 25.0 Å². The summed E-state index contributed by atoms with van der Waals surface area (Å²) in [6.07, 6.45) is 11.2. The molecule has 3 fully saturated rings. The van der Waals surface area contributed by atoms with Gasteiger partial charge in [-0.2, -0.15) is 0 Å². The second-order valence-electron chi connectivity index (χ2n) is 7.45. The van der Waals surface area contributed by atoms with E-state index in [-0.39, 0.29) is 12.0 Å². The molecule has 2 aliphatic heterocycles. The minimum atomic E-state index is -0.349. The number of carbonyl (C=O) groups is 1. The average Bonchev–Trinajstić information content (AvgIpc) is 2.84. The summed E-state index contributed by atoms with van der Waals surface area (Å²) < 4.78 is 0. The van der Waals surface area contributed by atoms with Crippen LogP contribution in [-0.2, 0) is 4.79 Å². The number of carbonyl (C=O) groups excluding carboxylic acids is 1. The van der Waals surface area contributed by atoms with Gasteiger partial charge >= 0.3 is 0 Å². The highest BCUT2D eigenvalue weighted by molar-refractivity contribution is 5.76. The lowest BCUT2D eigenvalue weighted by Gasteiger charge is -2.29. The first-order valence-corrected chi connectivity index (χ1v) is 8.91. The maximum absolute atomic E-state index is 12.1. The van der Waals surface area contributed by atoms with E-state index in [0.29, 0.717) is 36.9 Å². The molecule has 4 heteroatoms. The lowest BCUT2D eigenvalue weighted by molar-refractivity contribution is -0.123. The molecule has 2 bridgehead atoms. The topological polar surface area (TPSA) is 61.4 Å². The molecule has 0 aromatic carbocycles. The van der Waals surface area contributed by atoms with Crippen molar-refractivity contribution < 1.29 is 9.90 Å². The lowest BCUT2D eigenvalue weighted by atomic mass is 9.85. The van der Waals surface area contributed by atoms with Gasteiger partial charge in [0.25, 0.3) is 0 Å². The highest BCUT2D eigenvalue weighted by Gasteiger charge is 2.34. The number of nitrogens with one attached hydrogen (secondary N) is 2. The van der Waals surface area contributed by atoms with Crippen molar-refractivity contribution in [1.82, 2.24) is 10.6 Å². The standard InChI is InChI=1S/C17H30N2O2/c20-16(13-4-2-1-3-5-13)11-18-17(21)10-12-8-14-6-7-15(9-12)19-14/h12-16,19-20H,1-11H2,(H,18,21). The van der Waals surface area contributed by atoms with Gasteiger partial charge in [0.15, 0.2) is 0 Å². The number of hydrogen-bond acceptors (Lipinski definition) is 3. The van der Waals surface area contributed by atoms with E-state index in [9.17, 15) is 9.90 Å². The third-order valence-electron chi connectivity index (χ3n) is 5.75. The summed E-state index contributed by atoms with van der Waals surface area (Å²) in [5, 5.41) is 16.8. The van der Waals surface area contributed by atoms with Crippen molar-refractivity contribution in [1.29, 1.82) is 0 Å². The zero-order chi connectivity index (χ0) is 14.7. The molecular formula is C17H30N2O2. The third-order valence-corrected chi connectivity index (χ3v) is 5.75. The van der Waals surface area contributed by atoms with E-state index < -0.39 is 0 Å². The molecule has 1 aliphatic carbocycles. The molecule has 0 aromatic rings. The van der Waals surface area contributed by atoms with Crippen LogP contribution < -0.4 is 10.6 Å². The van der Waals surface area contributed by atoms with Gasteiger partial charge in [-0.15, -0.1) is 0 Å². The van der Waals surface area contributed by atoms with E-state index in [0.717, 1.165) is 25.7 Å². The Morgan fingerprint density at radius 2 is 1.76 bits per heavy atom. The fourth-order valence-corrected chi connectivity index (χ4v) is 4.58. The predicted molar refractivity (Wildman–Crippen MR) is 82.9 cm³/mol. The van der Waals surface area contributed by atoms with Crippen molar-refractivity contribution in [3.63, 3.8) is 0 Å². The molecule has 2 heterocycles. The van der Waals surface area contributed by atoms with Crippen LogP contribution in [0.5, 0.6) is 0 Å². The summed E-state index contributed by atoms with van der Waals surface area (Å²) in [5.74, 6) is 1.07. The predicted octanol–water partition coefficient (Wildman–Crippen LogP) is 1.96. The Labute approximate surface area is 128 Å². The minimum absolute atomic E-state index is 0.135. The number of aliphatic hydroxyl groups is 1. The van der Waals surface area contributed by atoms with E-state index >= 15 is 0 Å². The van der Waals surface area contributed by atoms with E-state index in [1.165, 1.54) is 32.1 Å². The highest BCUT2D eigenvalue weighted by Crippen LogP contribution is 2.32. The zero-order valence-electron chi connectivity index (χ0n) is 13.0. The molecular weight excluding hydrogens is 264 g/mol. The van der Waals surface area contributed by atoms with Crippen molar-refractivity contribution in [2.75, 3.05) is 6.54 Å². The molecule has 3 rings (SSSR count). The van der Waals surface area contributed by atoms with Crippen LogP contribution in [0.15, 0.2) is 0 Å². The first kappa shape index (κ1) is 15.3. The number of hydrogen-bond donors (Lipinski definition) is 3. The summed E-state index contributed by atoms with van der Waals surface area (Å²) in [6.45, 7) is 0.446. The van der Waals surface area contributed by atoms with Crippen LogP contribution in [-0.4, -0.2) is 35.7 Å². The molecule has 0 spiro atoms. The molecule has 2 saturated heterocycles. The number of amides is 1. The van der Waals surface area contributed by atoms with Crippen LogP contribution in [0.4, 0.5) is 0 Å². The molecule has 3 atom stereocenters. The van der Waals surface area contributed by atoms with Gasteiger partial charge in [-0.1, -0.05) is 19.3 Å². The van der Waals surface area contributed by atoms with Crippen LogP contribution in [0.3, 0.4) is 0 Å². The maximum atomic E-state index is 12.1. The quantitative estimate of drug-likeness (QED) is 0.726. The van der Waals surface area contributed by atoms with Crippen LogP contribution in [0, 0.1) is 11.8 Å². The Balaban J connectivity index is 1.36. The molecule has 3 N–H and O–H groups in total. The van der Waals surface area contributed by atoms with Crippen molar-refractivity contribution in [2.45, 2.75) is 82.4 Å². The van der Waals surface area contributed by atoms with E-state index in [1.54, 1.807) is 0 Å². The lowest BCUT2D eigenvalue weighted by Crippen LogP contribution is -2.41. The second kappa shape index (κ2) is 7.10. The fourth-order valence-electron chi connectivity index (χ4n) is 4.58. The van der Waals surface area contributed by atoms with Gasteiger partial charge in [0.05, 0.1) is 6.10 Å². The summed E-state index contributed by atoms with van der Waals surface area (Å²) in [4.78, 5) is 12.1. The molecule has 0 radical (unpaired) electrons. The molecule has 1 saturated carbocycles. The first-order chi connectivity index (χ1) is 10.2. The molecule has 1 amide bonds. The largest absolute Gasteiger partial charge is 0.391 e. The minimum Gasteiger partial charge on any atom is -0.391 e. The second-order valence-corrected chi connectivity index (χ2v) is 7.45. The van der Waals surface area contributed by atoms with Crippen molar-refractivity contribution >= 4 is 5.91 Å². The van der Waals surface area contributed by atoms with Gasteiger partial charge in [0.1, 0.15) is 0 Å². The molecule has 4 nitrogen and oxygen atoms in total. The van der Waals surface area contributed by atoms with Crippen molar-refractivity contribution in [2.24, 2.45) is 11.8 Å². The van der Waals surface area contributed by atoms with Crippen LogP contribution in [0.2, 0.25) is 0 Å². The van der Waals surface area contributed by atoms with E-state index in [1.807, 2.05) is 0 Å². The Hall–Kier alpha value is -0.610. The summed E-state index contributed by atoms with van der Waals surface area (Å²) >= 11 is 0. The van der Waals surface area contributed by atoms with E-state index in [2.05, 4.69) is 10.6 Å². The molecule has 3 unspecified atom stereocenters. The molecule has 21 heavy (non-hydrogen) atoms. The van der Waals surface area contributed by atoms with Crippen molar-refractivity contribution in [3.8, 4) is 0 Å². The Kier molecular flexibility index (Phi) is 5.17. The van der Waals surface area contributed by atoms with Crippen LogP contribution in [0.25, 0.3) is 0 Å². The summed E-state index contributed by atoms with van der Waals surface area (Å²) in [6, 6.07) is 1.30. The maximum Gasteiger partial charge on any atom is 0.220 e. The smallest absolute Gasteiger partial charge is 0.220 e. The van der Waals surface area contributed by atoms with E-state index in [4.69, 9.17) is 0 Å². The monoisotopic (exact) mass is 294 g/mol. The summed E-state index contributed by atoms with van der Waals surface area (Å²) in [7, 11) is 0. The van der Waals surface area contributed by atoms with Gasteiger partial charge in [-0.05, 0) is 50.4 Å². The number of aliphatic hydroxyl groups excluding tert-OH is 1. The molecule has 3 aliphatic rings. The average molecular weight is 294 g/mol. The number of rotatable bonds is 5. The number of fused-ring (bicyclic) bond motifs is 2. The number of piperidine rings is 1. The van der Waals surface area contributed by atoms with Gasteiger partial charge in [-0.25, -0.2) is 0 Å². The Bertz CT molecular complexity index is 343. The van der Waals surface area contributed by atoms with Crippen LogP contribution in [0.1, 0.15) is 64.2 Å². The first-order valence-electron chi connectivity index (χ1n) is 8.91. The van der Waals surface area contributed by atoms with Crippen LogP contribution >= 0.6 is 0 Å². The highest BCUT2D eigenvalue weighted by atomic mass is 16.3. The fraction of sp³-hybridized carbons (Fsp3) is 0.941. The zero-order valence-corrected chi connectivity index (χ0v) is 13.0. The summed E-state index contributed by atoms with van der Waals surface area (Å²) in [5.41, 5.74) is 0. The third kappa shape index (κ3) is 4.19. The molecule has 120 valence electrons. The van der Waals surface area contributed by atoms with Crippen molar-refractivity contribution in [3.05, 3.63) is 0 Å². The normalized spacial score (nSPS) is 34.6. The van der Waals surface area contributed by atoms with Gasteiger partial charge in [-0.3, -0.25) is 4.79 Å². The Morgan fingerprint density at radius 1 is 1.10 bits per heavy atom. The Morgan fingerprint density at radius 3 is 2.43 bits per heavy atom. The SMILES string of the molecule is O=C(CC1CC2CCC(C1)N2)NCC(O)C1CCCCC1.